The number of hydrogen-bond acceptors (Lipinski definition) is 5. The molecule has 0 spiro atoms. The number of benzene rings is 1. The molecule has 10 nitrogen and oxygen atoms in total. The predicted molar refractivity (Wildman–Crippen MR) is 117 cm³/mol. The number of carbonyl (C=O) groups excluding carboxylic acids is 2. The first-order valence-corrected chi connectivity index (χ1v) is 11.8. The number of morpholine rings is 1. The summed E-state index contributed by atoms with van der Waals surface area (Å²) in [5.41, 5.74) is 0.747. The largest absolute Gasteiger partial charge is 0.379 e. The maximum absolute atomic E-state index is 12.7. The van der Waals surface area contributed by atoms with E-state index in [0.717, 1.165) is 0 Å². The average Bonchev–Trinajstić information content (AvgIpc) is 2.73. The Hall–Kier alpha value is -2.21. The maximum Gasteiger partial charge on any atom is 0.321 e. The lowest BCUT2D eigenvalue weighted by molar-refractivity contribution is 0.0691. The van der Waals surface area contributed by atoms with Crippen LogP contribution in [0.1, 0.15) is 31.1 Å². The molecule has 11 heteroatoms. The molecule has 1 aromatic rings. The second-order valence-corrected chi connectivity index (χ2v) is 10.5. The van der Waals surface area contributed by atoms with E-state index in [1.165, 1.54) is 8.61 Å². The number of carbonyl (C=O) groups is 2. The van der Waals surface area contributed by atoms with E-state index < -0.39 is 10.2 Å². The number of amides is 3. The highest BCUT2D eigenvalue weighted by Gasteiger charge is 2.34. The van der Waals surface area contributed by atoms with Crippen molar-refractivity contribution in [3.63, 3.8) is 0 Å². The number of urea groups is 1. The van der Waals surface area contributed by atoms with Crippen molar-refractivity contribution >= 4 is 27.8 Å². The Balaban J connectivity index is 1.51. The average molecular weight is 454 g/mol. The maximum atomic E-state index is 12.7. The van der Waals surface area contributed by atoms with Crippen LogP contribution in [0.25, 0.3) is 0 Å². The SMILES string of the molecule is CC(C)(C)NC(=O)c1ccc(NC(=O)N2CCN(S(=O)(=O)N3CCOCC3)CC2)cc1. The normalized spacial score (nSPS) is 19.1. The molecule has 0 aromatic heterocycles. The summed E-state index contributed by atoms with van der Waals surface area (Å²) in [7, 11) is -3.53. The zero-order chi connectivity index (χ0) is 22.6. The van der Waals surface area contributed by atoms with E-state index in [9.17, 15) is 18.0 Å². The lowest BCUT2D eigenvalue weighted by atomic mass is 10.1. The van der Waals surface area contributed by atoms with E-state index >= 15 is 0 Å². The van der Waals surface area contributed by atoms with Gasteiger partial charge < -0.3 is 20.3 Å². The van der Waals surface area contributed by atoms with E-state index in [1.807, 2.05) is 20.8 Å². The molecule has 0 atom stereocenters. The zero-order valence-electron chi connectivity index (χ0n) is 18.3. The van der Waals surface area contributed by atoms with Gasteiger partial charge in [-0.25, -0.2) is 4.79 Å². The molecule has 172 valence electrons. The lowest BCUT2D eigenvalue weighted by Gasteiger charge is -2.37. The Bertz CT molecular complexity index is 884. The number of nitrogens with one attached hydrogen (secondary N) is 2. The molecule has 0 aliphatic carbocycles. The number of anilines is 1. The minimum absolute atomic E-state index is 0.178. The van der Waals surface area contributed by atoms with E-state index in [2.05, 4.69) is 10.6 Å². The van der Waals surface area contributed by atoms with Gasteiger partial charge in [0, 0.05) is 56.1 Å². The van der Waals surface area contributed by atoms with Crippen LogP contribution in [0.15, 0.2) is 24.3 Å². The van der Waals surface area contributed by atoms with Crippen LogP contribution in [0.3, 0.4) is 0 Å². The van der Waals surface area contributed by atoms with Crippen LogP contribution in [0, 0.1) is 0 Å². The molecule has 3 amide bonds. The molecule has 0 saturated carbocycles. The highest BCUT2D eigenvalue weighted by Crippen LogP contribution is 2.16. The fourth-order valence-corrected chi connectivity index (χ4v) is 4.94. The van der Waals surface area contributed by atoms with Crippen LogP contribution < -0.4 is 10.6 Å². The molecular formula is C20H31N5O5S. The predicted octanol–water partition coefficient (Wildman–Crippen LogP) is 0.941. The van der Waals surface area contributed by atoms with Crippen molar-refractivity contribution in [2.24, 2.45) is 0 Å². The highest BCUT2D eigenvalue weighted by atomic mass is 32.2. The fraction of sp³-hybridized carbons (Fsp3) is 0.600. The number of piperazine rings is 1. The van der Waals surface area contributed by atoms with Crippen LogP contribution in [0.2, 0.25) is 0 Å². The van der Waals surface area contributed by atoms with Gasteiger partial charge in [0.1, 0.15) is 0 Å². The van der Waals surface area contributed by atoms with Crippen molar-refractivity contribution < 1.29 is 22.7 Å². The van der Waals surface area contributed by atoms with Gasteiger partial charge in [0.05, 0.1) is 13.2 Å². The van der Waals surface area contributed by atoms with Gasteiger partial charge in [-0.2, -0.15) is 17.0 Å². The summed E-state index contributed by atoms with van der Waals surface area (Å²) in [6.45, 7) is 8.35. The minimum Gasteiger partial charge on any atom is -0.379 e. The number of rotatable bonds is 4. The fourth-order valence-electron chi connectivity index (χ4n) is 3.38. The van der Waals surface area contributed by atoms with E-state index in [0.29, 0.717) is 50.6 Å². The van der Waals surface area contributed by atoms with Crippen molar-refractivity contribution in [3.05, 3.63) is 29.8 Å². The molecule has 2 aliphatic rings. The number of nitrogens with zero attached hydrogens (tertiary/aromatic N) is 3. The monoisotopic (exact) mass is 453 g/mol. The van der Waals surface area contributed by atoms with Crippen LogP contribution in [0.5, 0.6) is 0 Å². The van der Waals surface area contributed by atoms with Crippen LogP contribution >= 0.6 is 0 Å². The van der Waals surface area contributed by atoms with Gasteiger partial charge in [-0.3, -0.25) is 4.79 Å². The topological polar surface area (TPSA) is 111 Å². The summed E-state index contributed by atoms with van der Waals surface area (Å²) in [5.74, 6) is -0.178. The molecule has 2 fully saturated rings. The van der Waals surface area contributed by atoms with Gasteiger partial charge in [0.2, 0.25) is 0 Å². The highest BCUT2D eigenvalue weighted by molar-refractivity contribution is 7.86. The van der Waals surface area contributed by atoms with Gasteiger partial charge in [-0.1, -0.05) is 0 Å². The molecule has 2 N–H and O–H groups in total. The standard InChI is InChI=1S/C20H31N5O5S/c1-20(2,3)22-18(26)16-4-6-17(7-5-16)21-19(27)23-8-10-24(11-9-23)31(28,29)25-12-14-30-15-13-25/h4-7H,8-15H2,1-3H3,(H,21,27)(H,22,26). The van der Waals surface area contributed by atoms with Crippen molar-refractivity contribution in [3.8, 4) is 0 Å². The molecule has 2 aliphatic heterocycles. The van der Waals surface area contributed by atoms with Crippen LogP contribution in [-0.4, -0.2) is 91.9 Å². The quantitative estimate of drug-likeness (QED) is 0.705. The molecule has 0 unspecified atom stereocenters. The smallest absolute Gasteiger partial charge is 0.321 e. The molecule has 31 heavy (non-hydrogen) atoms. The van der Waals surface area contributed by atoms with Crippen molar-refractivity contribution in [1.82, 2.24) is 18.8 Å². The molecule has 2 saturated heterocycles. The molecule has 1 aromatic carbocycles. The Labute approximate surface area is 183 Å². The molecule has 3 rings (SSSR count). The first kappa shape index (κ1) is 23.5. The zero-order valence-corrected chi connectivity index (χ0v) is 19.1. The van der Waals surface area contributed by atoms with Crippen molar-refractivity contribution in [2.75, 3.05) is 57.8 Å². The second kappa shape index (κ2) is 9.51. The summed E-state index contributed by atoms with van der Waals surface area (Å²) in [6.07, 6.45) is 0. The molecule has 0 bridgehead atoms. The van der Waals surface area contributed by atoms with E-state index in [1.54, 1.807) is 29.2 Å². The first-order chi connectivity index (χ1) is 14.6. The molecule has 2 heterocycles. The first-order valence-electron chi connectivity index (χ1n) is 10.4. The van der Waals surface area contributed by atoms with Crippen molar-refractivity contribution in [1.29, 1.82) is 0 Å². The third-order valence-electron chi connectivity index (χ3n) is 5.04. The Morgan fingerprint density at radius 3 is 2.00 bits per heavy atom. The molecule has 0 radical (unpaired) electrons. The number of ether oxygens (including phenoxy) is 1. The summed E-state index contributed by atoms with van der Waals surface area (Å²) >= 11 is 0. The van der Waals surface area contributed by atoms with Gasteiger partial charge in [-0.05, 0) is 45.0 Å². The Kier molecular flexibility index (Phi) is 7.20. The van der Waals surface area contributed by atoms with Crippen LogP contribution in [-0.2, 0) is 14.9 Å². The Morgan fingerprint density at radius 2 is 1.45 bits per heavy atom. The van der Waals surface area contributed by atoms with Gasteiger partial charge in [0.25, 0.3) is 16.1 Å². The molecular weight excluding hydrogens is 422 g/mol. The van der Waals surface area contributed by atoms with E-state index in [-0.39, 0.29) is 30.6 Å². The van der Waals surface area contributed by atoms with Gasteiger partial charge in [0.15, 0.2) is 0 Å². The summed E-state index contributed by atoms with van der Waals surface area (Å²) < 4.78 is 33.5. The van der Waals surface area contributed by atoms with Crippen molar-refractivity contribution in [2.45, 2.75) is 26.3 Å². The minimum atomic E-state index is -3.53. The second-order valence-electron chi connectivity index (χ2n) is 8.62. The lowest BCUT2D eigenvalue weighted by Crippen LogP contribution is -2.56. The van der Waals surface area contributed by atoms with Crippen LogP contribution in [0.4, 0.5) is 10.5 Å². The van der Waals surface area contributed by atoms with Gasteiger partial charge in [-0.15, -0.1) is 0 Å². The van der Waals surface area contributed by atoms with E-state index in [4.69, 9.17) is 4.74 Å². The Morgan fingerprint density at radius 1 is 0.903 bits per heavy atom. The summed E-state index contributed by atoms with van der Waals surface area (Å²) in [5, 5.41) is 5.69. The number of hydrogen-bond donors (Lipinski definition) is 2. The third kappa shape index (κ3) is 6.16. The summed E-state index contributed by atoms with van der Waals surface area (Å²) in [4.78, 5) is 26.4. The summed E-state index contributed by atoms with van der Waals surface area (Å²) in [6, 6.07) is 6.37. The third-order valence-corrected chi connectivity index (χ3v) is 7.07. The van der Waals surface area contributed by atoms with Gasteiger partial charge >= 0.3 is 6.03 Å².